The second-order valence-corrected chi connectivity index (χ2v) is 11.2. The molecular formula is C30H36N6O5S. The van der Waals surface area contributed by atoms with E-state index in [1.807, 2.05) is 61.0 Å². The molecule has 4 rings (SSSR count). The number of thioether (sulfide) groups is 1. The first-order valence-corrected chi connectivity index (χ1v) is 15.1. The minimum atomic E-state index is -1.20. The van der Waals surface area contributed by atoms with Gasteiger partial charge in [0.1, 0.15) is 18.1 Å². The van der Waals surface area contributed by atoms with Gasteiger partial charge >= 0.3 is 5.97 Å². The number of carboxylic acids is 1. The van der Waals surface area contributed by atoms with E-state index in [4.69, 9.17) is 5.73 Å². The summed E-state index contributed by atoms with van der Waals surface area (Å²) in [4.78, 5) is 57.6. The Balaban J connectivity index is 1.49. The highest BCUT2D eigenvalue weighted by Crippen LogP contribution is 2.20. The summed E-state index contributed by atoms with van der Waals surface area (Å²) in [5.74, 6) is -2.31. The minimum Gasteiger partial charge on any atom is -0.480 e. The lowest BCUT2D eigenvalue weighted by molar-refractivity contribution is -0.141. The van der Waals surface area contributed by atoms with Crippen LogP contribution in [0.2, 0.25) is 0 Å². The molecule has 4 unspecified atom stereocenters. The van der Waals surface area contributed by atoms with Crippen LogP contribution in [0.25, 0.3) is 21.8 Å². The molecule has 8 N–H and O–H groups in total. The number of carbonyl (C=O) groups is 4. The second kappa shape index (κ2) is 14.1. The zero-order chi connectivity index (χ0) is 30.2. The Hall–Kier alpha value is -4.29. The molecular weight excluding hydrogens is 556 g/mol. The van der Waals surface area contributed by atoms with E-state index in [1.54, 1.807) is 6.20 Å². The van der Waals surface area contributed by atoms with Crippen molar-refractivity contribution in [3.8, 4) is 0 Å². The molecule has 42 heavy (non-hydrogen) atoms. The number of hydrogen-bond donors (Lipinski definition) is 7. The Bertz CT molecular complexity index is 1570. The molecule has 3 amide bonds. The van der Waals surface area contributed by atoms with E-state index in [-0.39, 0.29) is 12.8 Å². The topological polar surface area (TPSA) is 182 Å². The van der Waals surface area contributed by atoms with Gasteiger partial charge in [-0.2, -0.15) is 11.8 Å². The fourth-order valence-corrected chi connectivity index (χ4v) is 5.26. The van der Waals surface area contributed by atoms with Crippen molar-refractivity contribution in [2.75, 3.05) is 12.0 Å². The molecule has 0 spiro atoms. The lowest BCUT2D eigenvalue weighted by Gasteiger charge is -2.24. The predicted molar refractivity (Wildman–Crippen MR) is 164 cm³/mol. The number of carboxylic acid groups (broad SMARTS) is 1. The van der Waals surface area contributed by atoms with Crippen molar-refractivity contribution in [3.63, 3.8) is 0 Å². The zero-order valence-corrected chi connectivity index (χ0v) is 24.3. The first kappa shape index (κ1) is 30.7. The number of nitrogens with two attached hydrogens (primary N) is 1. The average Bonchev–Trinajstić information content (AvgIpc) is 3.58. The van der Waals surface area contributed by atoms with Crippen LogP contribution < -0.4 is 21.7 Å². The van der Waals surface area contributed by atoms with Gasteiger partial charge in [0.05, 0.1) is 6.04 Å². The molecule has 12 heteroatoms. The maximum absolute atomic E-state index is 13.5. The lowest BCUT2D eigenvalue weighted by atomic mass is 10.0. The molecule has 4 aromatic rings. The van der Waals surface area contributed by atoms with Crippen molar-refractivity contribution >= 4 is 57.3 Å². The van der Waals surface area contributed by atoms with Crippen LogP contribution in [0.1, 0.15) is 24.5 Å². The third-order valence-corrected chi connectivity index (χ3v) is 7.80. The van der Waals surface area contributed by atoms with Crippen LogP contribution in [0.5, 0.6) is 0 Å². The number of para-hydroxylation sites is 2. The Kier molecular flexibility index (Phi) is 10.3. The summed E-state index contributed by atoms with van der Waals surface area (Å²) in [6.45, 7) is 1.35. The van der Waals surface area contributed by atoms with Crippen molar-refractivity contribution in [2.24, 2.45) is 5.73 Å². The van der Waals surface area contributed by atoms with E-state index in [1.165, 1.54) is 18.7 Å². The summed E-state index contributed by atoms with van der Waals surface area (Å²) in [5, 5.41) is 19.1. The molecule has 0 aliphatic heterocycles. The molecule has 2 aromatic carbocycles. The Labute approximate surface area is 247 Å². The van der Waals surface area contributed by atoms with E-state index in [0.29, 0.717) is 12.2 Å². The Morgan fingerprint density at radius 2 is 1.33 bits per heavy atom. The Morgan fingerprint density at radius 3 is 1.90 bits per heavy atom. The van der Waals surface area contributed by atoms with Crippen molar-refractivity contribution in [1.82, 2.24) is 25.9 Å². The van der Waals surface area contributed by atoms with Gasteiger partial charge in [0.15, 0.2) is 0 Å². The van der Waals surface area contributed by atoms with Crippen LogP contribution in [0.15, 0.2) is 60.9 Å². The minimum absolute atomic E-state index is 0.108. The van der Waals surface area contributed by atoms with E-state index in [2.05, 4.69) is 25.9 Å². The molecule has 0 aliphatic carbocycles. The largest absolute Gasteiger partial charge is 0.480 e. The van der Waals surface area contributed by atoms with Gasteiger partial charge in [0, 0.05) is 40.6 Å². The Morgan fingerprint density at radius 1 is 0.810 bits per heavy atom. The maximum Gasteiger partial charge on any atom is 0.325 e. The summed E-state index contributed by atoms with van der Waals surface area (Å²) in [6.07, 6.45) is 6.16. The number of aromatic nitrogens is 2. The van der Waals surface area contributed by atoms with E-state index in [0.717, 1.165) is 32.9 Å². The third-order valence-electron chi connectivity index (χ3n) is 7.16. The summed E-state index contributed by atoms with van der Waals surface area (Å²) in [6, 6.07) is 11.1. The number of hydrogen-bond acceptors (Lipinski definition) is 6. The number of aliphatic carboxylic acids is 1. The molecule has 2 heterocycles. The summed E-state index contributed by atoms with van der Waals surface area (Å²) in [7, 11) is 0. The van der Waals surface area contributed by atoms with Crippen LogP contribution in [-0.2, 0) is 32.0 Å². The summed E-state index contributed by atoms with van der Waals surface area (Å²) < 4.78 is 0. The molecule has 0 aliphatic rings. The first-order valence-electron chi connectivity index (χ1n) is 13.7. The van der Waals surface area contributed by atoms with Crippen LogP contribution in [0.3, 0.4) is 0 Å². The highest BCUT2D eigenvalue weighted by molar-refractivity contribution is 7.98. The third kappa shape index (κ3) is 7.51. The van der Waals surface area contributed by atoms with Crippen molar-refractivity contribution < 1.29 is 24.3 Å². The van der Waals surface area contributed by atoms with Gasteiger partial charge < -0.3 is 36.8 Å². The van der Waals surface area contributed by atoms with Crippen LogP contribution in [0.4, 0.5) is 0 Å². The van der Waals surface area contributed by atoms with Gasteiger partial charge in [-0.25, -0.2) is 0 Å². The number of benzene rings is 2. The van der Waals surface area contributed by atoms with Crippen molar-refractivity contribution in [2.45, 2.75) is 50.4 Å². The SMILES string of the molecule is CSCCC(NC(=O)C(N)Cc1c[nH]c2ccccc12)C(=O)NC(Cc1c[nH]c2ccccc12)C(=O)NC(C)C(=O)O. The number of nitrogens with one attached hydrogen (secondary N) is 5. The summed E-state index contributed by atoms with van der Waals surface area (Å²) in [5.41, 5.74) is 9.74. The van der Waals surface area contributed by atoms with Gasteiger partial charge in [0.25, 0.3) is 0 Å². The van der Waals surface area contributed by atoms with E-state index >= 15 is 0 Å². The number of rotatable bonds is 14. The van der Waals surface area contributed by atoms with Crippen molar-refractivity contribution in [1.29, 1.82) is 0 Å². The quantitative estimate of drug-likeness (QED) is 0.117. The predicted octanol–water partition coefficient (Wildman–Crippen LogP) is 2.07. The average molecular weight is 593 g/mol. The molecule has 0 radical (unpaired) electrons. The molecule has 0 saturated carbocycles. The lowest BCUT2D eigenvalue weighted by Crippen LogP contribution is -2.57. The van der Waals surface area contributed by atoms with Gasteiger partial charge in [0.2, 0.25) is 17.7 Å². The molecule has 0 bridgehead atoms. The molecule has 2 aromatic heterocycles. The number of amides is 3. The van der Waals surface area contributed by atoms with Gasteiger partial charge in [-0.1, -0.05) is 36.4 Å². The monoisotopic (exact) mass is 592 g/mol. The molecule has 11 nitrogen and oxygen atoms in total. The highest BCUT2D eigenvalue weighted by Gasteiger charge is 2.30. The molecule has 4 atom stereocenters. The molecule has 0 fully saturated rings. The number of H-pyrrole nitrogens is 2. The van der Waals surface area contributed by atoms with Gasteiger partial charge in [-0.05, 0) is 55.0 Å². The van der Waals surface area contributed by atoms with Crippen LogP contribution >= 0.6 is 11.8 Å². The fourth-order valence-electron chi connectivity index (χ4n) is 4.79. The normalized spacial score (nSPS) is 14.2. The van der Waals surface area contributed by atoms with E-state index < -0.39 is 47.9 Å². The van der Waals surface area contributed by atoms with Gasteiger partial charge in [-0.3, -0.25) is 19.2 Å². The van der Waals surface area contributed by atoms with Gasteiger partial charge in [-0.15, -0.1) is 0 Å². The summed E-state index contributed by atoms with van der Waals surface area (Å²) >= 11 is 1.51. The zero-order valence-electron chi connectivity index (χ0n) is 23.5. The van der Waals surface area contributed by atoms with E-state index in [9.17, 15) is 24.3 Å². The smallest absolute Gasteiger partial charge is 0.325 e. The molecule has 222 valence electrons. The van der Waals surface area contributed by atoms with Crippen LogP contribution in [0, 0.1) is 0 Å². The first-order chi connectivity index (χ1) is 20.2. The van der Waals surface area contributed by atoms with Crippen molar-refractivity contribution in [3.05, 3.63) is 72.1 Å². The second-order valence-electron chi connectivity index (χ2n) is 10.2. The number of aromatic amines is 2. The maximum atomic E-state index is 13.5. The number of fused-ring (bicyclic) bond motifs is 2. The number of carbonyl (C=O) groups excluding carboxylic acids is 3. The molecule has 0 saturated heterocycles. The fraction of sp³-hybridized carbons (Fsp3) is 0.333. The van der Waals surface area contributed by atoms with Crippen LogP contribution in [-0.4, -0.2) is 74.9 Å². The highest BCUT2D eigenvalue weighted by atomic mass is 32.2. The standard InChI is InChI=1S/C30H36N6O5S/c1-17(30(40)41)34-29(39)26(14-19-16-33-24-10-6-4-8-21(19)24)36-28(38)25(11-12-42-2)35-27(37)22(31)13-18-15-32-23-9-5-3-7-20(18)23/h3-10,15-17,22,25-26,32-33H,11-14,31H2,1-2H3,(H,34,39)(H,35,37)(H,36,38)(H,40,41).